The van der Waals surface area contributed by atoms with Crippen LogP contribution in [0.5, 0.6) is 5.75 Å². The van der Waals surface area contributed by atoms with E-state index in [9.17, 15) is 13.6 Å². The van der Waals surface area contributed by atoms with Gasteiger partial charge in [-0.2, -0.15) is 8.78 Å². The van der Waals surface area contributed by atoms with E-state index in [1.54, 1.807) is 0 Å². The number of halogens is 2. The second-order valence-electron chi connectivity index (χ2n) is 5.45. The molecule has 1 N–H and O–H groups in total. The van der Waals surface area contributed by atoms with Gasteiger partial charge in [0, 0.05) is 12.0 Å². The predicted octanol–water partition coefficient (Wildman–Crippen LogP) is 2.59. The highest BCUT2D eigenvalue weighted by molar-refractivity contribution is 5.68. The van der Waals surface area contributed by atoms with E-state index < -0.39 is 30.7 Å². The fraction of sp³-hybridized carbons (Fsp3) is 0.500. The fourth-order valence-corrected chi connectivity index (χ4v) is 2.19. The summed E-state index contributed by atoms with van der Waals surface area (Å²) in [5, 5.41) is 8.38. The number of alkyl halides is 2. The number of hydrogen-bond donors (Lipinski definition) is 1. The van der Waals surface area contributed by atoms with Crippen molar-refractivity contribution in [2.45, 2.75) is 31.8 Å². The van der Waals surface area contributed by atoms with Gasteiger partial charge in [0.2, 0.25) is 0 Å². The molecule has 0 bridgehead atoms. The first-order valence-corrected chi connectivity index (χ1v) is 6.19. The summed E-state index contributed by atoms with van der Waals surface area (Å²) in [5.74, 6) is -3.89. The lowest BCUT2D eigenvalue weighted by molar-refractivity contribution is -0.147. The van der Waals surface area contributed by atoms with Gasteiger partial charge in [-0.15, -0.1) is 0 Å². The zero-order valence-corrected chi connectivity index (χ0v) is 11.3. The second kappa shape index (κ2) is 5.01. The quantitative estimate of drug-likeness (QED) is 0.904. The summed E-state index contributed by atoms with van der Waals surface area (Å²) in [4.78, 5) is 10.3. The highest BCUT2D eigenvalue weighted by atomic mass is 19.3. The minimum Gasteiger partial charge on any atom is -0.487 e. The number of ether oxygens (including phenoxy) is 2. The van der Waals surface area contributed by atoms with Crippen LogP contribution in [-0.4, -0.2) is 29.9 Å². The number of aliphatic carboxylic acids is 1. The Bertz CT molecular complexity index is 526. The molecule has 20 heavy (non-hydrogen) atoms. The third-order valence-corrected chi connectivity index (χ3v) is 2.99. The molecule has 1 aliphatic heterocycles. The monoisotopic (exact) mass is 286 g/mol. The van der Waals surface area contributed by atoms with Gasteiger partial charge in [-0.3, -0.25) is 0 Å². The van der Waals surface area contributed by atoms with E-state index in [2.05, 4.69) is 4.74 Å². The highest BCUT2D eigenvalue weighted by Crippen LogP contribution is 2.38. The van der Waals surface area contributed by atoms with Gasteiger partial charge in [0.15, 0.2) is 0 Å². The van der Waals surface area contributed by atoms with Crippen molar-refractivity contribution in [2.75, 3.05) is 13.2 Å². The van der Waals surface area contributed by atoms with Crippen LogP contribution in [0.25, 0.3) is 0 Å². The number of hydrogen-bond acceptors (Lipinski definition) is 3. The van der Waals surface area contributed by atoms with Crippen molar-refractivity contribution in [1.29, 1.82) is 0 Å². The maximum atomic E-state index is 13.9. The molecule has 0 unspecified atom stereocenters. The number of carbonyl (C=O) groups is 1. The van der Waals surface area contributed by atoms with E-state index in [0.29, 0.717) is 12.2 Å². The summed E-state index contributed by atoms with van der Waals surface area (Å²) in [5.41, 5.74) is 0.143. The van der Waals surface area contributed by atoms with Crippen molar-refractivity contribution in [3.8, 4) is 5.75 Å². The van der Waals surface area contributed by atoms with Gasteiger partial charge in [-0.05, 0) is 37.6 Å². The van der Waals surface area contributed by atoms with E-state index in [1.165, 1.54) is 18.2 Å². The van der Waals surface area contributed by atoms with Crippen molar-refractivity contribution in [3.63, 3.8) is 0 Å². The van der Waals surface area contributed by atoms with Gasteiger partial charge in [0.1, 0.15) is 24.6 Å². The van der Waals surface area contributed by atoms with Gasteiger partial charge in [-0.25, -0.2) is 4.79 Å². The molecule has 1 aromatic carbocycles. The number of rotatable bonds is 5. The number of carboxylic acid groups (broad SMARTS) is 1. The summed E-state index contributed by atoms with van der Waals surface area (Å²) >= 11 is 0. The second-order valence-corrected chi connectivity index (χ2v) is 5.45. The van der Waals surface area contributed by atoms with Gasteiger partial charge in [-0.1, -0.05) is 0 Å². The summed E-state index contributed by atoms with van der Waals surface area (Å²) in [6, 6.07) is 4.20. The zero-order chi connectivity index (χ0) is 15.0. The molecule has 0 amide bonds. The highest BCUT2D eigenvalue weighted by Gasteiger charge is 2.36. The molecular weight excluding hydrogens is 270 g/mol. The molecule has 0 fully saturated rings. The topological polar surface area (TPSA) is 55.8 Å². The van der Waals surface area contributed by atoms with Crippen LogP contribution in [0.15, 0.2) is 18.2 Å². The number of fused-ring (bicyclic) bond motifs is 1. The van der Waals surface area contributed by atoms with Crippen molar-refractivity contribution in [3.05, 3.63) is 29.3 Å². The van der Waals surface area contributed by atoms with Crippen LogP contribution in [0.3, 0.4) is 0 Å². The van der Waals surface area contributed by atoms with E-state index in [0.717, 1.165) is 5.56 Å². The molecular formula is C14H16F2O4. The molecule has 110 valence electrons. The van der Waals surface area contributed by atoms with Gasteiger partial charge < -0.3 is 14.6 Å². The lowest BCUT2D eigenvalue weighted by Crippen LogP contribution is -2.24. The molecule has 0 aromatic heterocycles. The molecule has 1 heterocycles. The van der Waals surface area contributed by atoms with Crippen molar-refractivity contribution < 1.29 is 28.2 Å². The minimum atomic E-state index is -3.22. The summed E-state index contributed by atoms with van der Waals surface area (Å²) in [7, 11) is 0. The number of benzene rings is 1. The largest absolute Gasteiger partial charge is 0.487 e. The van der Waals surface area contributed by atoms with Crippen LogP contribution in [0.1, 0.15) is 25.0 Å². The summed E-state index contributed by atoms with van der Waals surface area (Å²) in [6.07, 6.45) is 0.558. The average molecular weight is 286 g/mol. The minimum absolute atomic E-state index is 0.192. The normalized spacial score (nSPS) is 16.6. The van der Waals surface area contributed by atoms with E-state index in [4.69, 9.17) is 9.84 Å². The predicted molar refractivity (Wildman–Crippen MR) is 67.2 cm³/mol. The van der Waals surface area contributed by atoms with Crippen LogP contribution >= 0.6 is 0 Å². The molecule has 1 aliphatic rings. The lowest BCUT2D eigenvalue weighted by Gasteiger charge is -2.17. The Morgan fingerprint density at radius 1 is 1.50 bits per heavy atom. The van der Waals surface area contributed by atoms with Crippen LogP contribution in [-0.2, 0) is 21.9 Å². The maximum Gasteiger partial charge on any atom is 0.329 e. The maximum absolute atomic E-state index is 13.9. The Labute approximate surface area is 115 Å². The molecule has 1 aromatic rings. The molecule has 0 saturated heterocycles. The standard InChI is InChI=1S/C14H16F2O4/c1-13(2)6-9-5-10(3-4-11(9)20-13)14(15,16)8-19-7-12(17)18/h3-5H,6-8H2,1-2H3,(H,17,18). The van der Waals surface area contributed by atoms with E-state index in [-0.39, 0.29) is 5.56 Å². The molecule has 4 nitrogen and oxygen atoms in total. The Balaban J connectivity index is 2.12. The third kappa shape index (κ3) is 3.25. The first-order valence-electron chi connectivity index (χ1n) is 6.19. The van der Waals surface area contributed by atoms with Crippen LogP contribution in [0.4, 0.5) is 8.78 Å². The number of carboxylic acids is 1. The summed E-state index contributed by atoms with van der Waals surface area (Å²) in [6.45, 7) is 2.08. The first kappa shape index (κ1) is 14.7. The summed E-state index contributed by atoms with van der Waals surface area (Å²) < 4.78 is 37.9. The molecule has 2 rings (SSSR count). The van der Waals surface area contributed by atoms with Crippen LogP contribution in [0.2, 0.25) is 0 Å². The van der Waals surface area contributed by atoms with E-state index >= 15 is 0 Å². The lowest BCUT2D eigenvalue weighted by atomic mass is 9.98. The third-order valence-electron chi connectivity index (χ3n) is 2.99. The molecule has 0 saturated carbocycles. The Kier molecular flexibility index (Phi) is 3.69. The van der Waals surface area contributed by atoms with Crippen molar-refractivity contribution in [1.82, 2.24) is 0 Å². The van der Waals surface area contributed by atoms with E-state index in [1.807, 2.05) is 13.8 Å². The Hall–Kier alpha value is -1.69. The van der Waals surface area contributed by atoms with Gasteiger partial charge >= 0.3 is 5.97 Å². The molecule has 0 aliphatic carbocycles. The van der Waals surface area contributed by atoms with Gasteiger partial charge in [0.05, 0.1) is 0 Å². The SMILES string of the molecule is CC1(C)Cc2cc(C(F)(F)COCC(=O)O)ccc2O1. The molecule has 0 radical (unpaired) electrons. The molecule has 6 heteroatoms. The van der Waals surface area contributed by atoms with Crippen molar-refractivity contribution >= 4 is 5.97 Å². The van der Waals surface area contributed by atoms with Crippen LogP contribution in [0, 0.1) is 0 Å². The smallest absolute Gasteiger partial charge is 0.329 e. The fourth-order valence-electron chi connectivity index (χ4n) is 2.19. The van der Waals surface area contributed by atoms with Crippen molar-refractivity contribution in [2.24, 2.45) is 0 Å². The zero-order valence-electron chi connectivity index (χ0n) is 11.3. The van der Waals surface area contributed by atoms with Gasteiger partial charge in [0.25, 0.3) is 5.92 Å². The Morgan fingerprint density at radius 2 is 2.20 bits per heavy atom. The Morgan fingerprint density at radius 3 is 2.85 bits per heavy atom. The molecule has 0 spiro atoms. The molecule has 0 atom stereocenters. The first-order chi connectivity index (χ1) is 9.20. The van der Waals surface area contributed by atoms with Crippen LogP contribution < -0.4 is 4.74 Å². The average Bonchev–Trinajstić information content (AvgIpc) is 2.60.